The summed E-state index contributed by atoms with van der Waals surface area (Å²) in [5.41, 5.74) is 1.39. The van der Waals surface area contributed by atoms with E-state index >= 15 is 0 Å². The highest BCUT2D eigenvalue weighted by molar-refractivity contribution is 5.14. The molecule has 1 heteroatoms. The first-order chi connectivity index (χ1) is 14.9. The average molecular weight is 414 g/mol. The third kappa shape index (κ3) is 16.7. The highest BCUT2D eigenvalue weighted by Crippen LogP contribution is 2.17. The van der Waals surface area contributed by atoms with Crippen LogP contribution in [0.15, 0.2) is 42.5 Å². The molecule has 172 valence electrons. The summed E-state index contributed by atoms with van der Waals surface area (Å²) in [5.74, 6) is 0.981. The summed E-state index contributed by atoms with van der Waals surface area (Å²) in [4.78, 5) is 0. The average Bonchev–Trinajstić information content (AvgIpc) is 2.78. The standard InChI is InChI=1S/C29H51N/c1-3-28(4-2)23-19-16-14-12-10-8-6-5-7-9-11-13-15-17-22-26-30-27-29-24-20-18-21-25-29/h5-6,18,20-21,24-25,28,30H,3-4,7-17,19,22-23,26-27H2,1-2H3/b6-5-. The SMILES string of the molecule is CCC(CC)CCCCCCC/C=C\CCCCCCCCNCc1ccccc1. The minimum absolute atomic E-state index is 0.981. The molecular weight excluding hydrogens is 362 g/mol. The van der Waals surface area contributed by atoms with Gasteiger partial charge in [-0.05, 0) is 50.1 Å². The van der Waals surface area contributed by atoms with Crippen LogP contribution in [-0.2, 0) is 6.54 Å². The molecule has 0 radical (unpaired) electrons. The summed E-state index contributed by atoms with van der Waals surface area (Å²) >= 11 is 0. The van der Waals surface area contributed by atoms with Crippen LogP contribution in [0.5, 0.6) is 0 Å². The van der Waals surface area contributed by atoms with Gasteiger partial charge in [0.2, 0.25) is 0 Å². The van der Waals surface area contributed by atoms with E-state index < -0.39 is 0 Å². The van der Waals surface area contributed by atoms with Gasteiger partial charge >= 0.3 is 0 Å². The Bertz CT molecular complexity index is 474. The Balaban J connectivity index is 1.74. The van der Waals surface area contributed by atoms with Crippen LogP contribution in [0.3, 0.4) is 0 Å². The van der Waals surface area contributed by atoms with Crippen molar-refractivity contribution < 1.29 is 0 Å². The third-order valence-electron chi connectivity index (χ3n) is 6.45. The van der Waals surface area contributed by atoms with Crippen molar-refractivity contribution in [3.05, 3.63) is 48.0 Å². The second kappa shape index (κ2) is 21.2. The lowest BCUT2D eigenvalue weighted by Crippen LogP contribution is -2.14. The van der Waals surface area contributed by atoms with Crippen molar-refractivity contribution in [1.82, 2.24) is 5.32 Å². The lowest BCUT2D eigenvalue weighted by Gasteiger charge is -2.11. The summed E-state index contributed by atoms with van der Waals surface area (Å²) < 4.78 is 0. The molecule has 0 atom stereocenters. The quantitative estimate of drug-likeness (QED) is 0.156. The maximum absolute atomic E-state index is 3.55. The first kappa shape index (κ1) is 27.0. The fourth-order valence-corrected chi connectivity index (χ4v) is 4.21. The zero-order valence-corrected chi connectivity index (χ0v) is 20.3. The van der Waals surface area contributed by atoms with Gasteiger partial charge in [0.25, 0.3) is 0 Å². The fraction of sp³-hybridized carbons (Fsp3) is 0.724. The molecule has 0 saturated heterocycles. The van der Waals surface area contributed by atoms with E-state index in [4.69, 9.17) is 0 Å². The molecule has 1 rings (SSSR count). The number of rotatable bonds is 21. The molecule has 1 aromatic rings. The molecule has 0 aliphatic carbocycles. The summed E-state index contributed by atoms with van der Waals surface area (Å²) in [7, 11) is 0. The van der Waals surface area contributed by atoms with Gasteiger partial charge in [0.1, 0.15) is 0 Å². The van der Waals surface area contributed by atoms with Crippen LogP contribution in [0.25, 0.3) is 0 Å². The van der Waals surface area contributed by atoms with Crippen molar-refractivity contribution in [2.45, 2.75) is 123 Å². The largest absolute Gasteiger partial charge is 0.313 e. The first-order valence-corrected chi connectivity index (χ1v) is 13.3. The van der Waals surface area contributed by atoms with Gasteiger partial charge < -0.3 is 5.32 Å². The van der Waals surface area contributed by atoms with Crippen LogP contribution < -0.4 is 5.32 Å². The summed E-state index contributed by atoms with van der Waals surface area (Å²) in [5, 5.41) is 3.55. The van der Waals surface area contributed by atoms with Crippen LogP contribution in [0.1, 0.15) is 122 Å². The molecule has 1 aromatic carbocycles. The van der Waals surface area contributed by atoms with Gasteiger partial charge in [-0.15, -0.1) is 0 Å². The van der Waals surface area contributed by atoms with Crippen molar-refractivity contribution >= 4 is 0 Å². The van der Waals surface area contributed by atoms with Gasteiger partial charge in [0.15, 0.2) is 0 Å². The van der Waals surface area contributed by atoms with Crippen molar-refractivity contribution in [2.75, 3.05) is 6.54 Å². The van der Waals surface area contributed by atoms with Gasteiger partial charge in [0, 0.05) is 6.54 Å². The van der Waals surface area contributed by atoms with Crippen LogP contribution >= 0.6 is 0 Å². The zero-order chi connectivity index (χ0) is 21.5. The molecule has 1 N–H and O–H groups in total. The van der Waals surface area contributed by atoms with E-state index in [0.717, 1.165) is 19.0 Å². The molecule has 0 spiro atoms. The molecule has 0 aliphatic rings. The number of hydrogen-bond donors (Lipinski definition) is 1. The molecule has 0 heterocycles. The van der Waals surface area contributed by atoms with Crippen molar-refractivity contribution in [3.63, 3.8) is 0 Å². The Morgan fingerprint density at radius 3 is 1.80 bits per heavy atom. The van der Waals surface area contributed by atoms with Gasteiger partial charge in [-0.2, -0.15) is 0 Å². The minimum Gasteiger partial charge on any atom is -0.313 e. The number of benzene rings is 1. The molecule has 0 saturated carbocycles. The number of unbranched alkanes of at least 4 members (excludes halogenated alkanes) is 11. The third-order valence-corrected chi connectivity index (χ3v) is 6.45. The smallest absolute Gasteiger partial charge is 0.0205 e. The topological polar surface area (TPSA) is 12.0 Å². The van der Waals surface area contributed by atoms with Crippen LogP contribution in [-0.4, -0.2) is 6.54 Å². The van der Waals surface area contributed by atoms with Gasteiger partial charge in [0.05, 0.1) is 0 Å². The summed E-state index contributed by atoms with van der Waals surface area (Å²) in [6.07, 6.45) is 27.0. The molecule has 30 heavy (non-hydrogen) atoms. The lowest BCUT2D eigenvalue weighted by molar-refractivity contribution is 0.427. The number of allylic oxidation sites excluding steroid dienone is 2. The minimum atomic E-state index is 0.981. The molecular formula is C29H51N. The van der Waals surface area contributed by atoms with Crippen molar-refractivity contribution in [1.29, 1.82) is 0 Å². The maximum Gasteiger partial charge on any atom is 0.0205 e. The van der Waals surface area contributed by atoms with E-state index in [9.17, 15) is 0 Å². The monoisotopic (exact) mass is 413 g/mol. The first-order valence-electron chi connectivity index (χ1n) is 13.3. The van der Waals surface area contributed by atoms with Gasteiger partial charge in [-0.25, -0.2) is 0 Å². The summed E-state index contributed by atoms with van der Waals surface area (Å²) in [6.45, 7) is 6.84. The highest BCUT2D eigenvalue weighted by atomic mass is 14.8. The predicted molar refractivity (Wildman–Crippen MR) is 136 cm³/mol. The highest BCUT2D eigenvalue weighted by Gasteiger charge is 2.02. The van der Waals surface area contributed by atoms with E-state index in [1.54, 1.807) is 0 Å². The Kier molecular flexibility index (Phi) is 19.0. The Morgan fingerprint density at radius 1 is 0.667 bits per heavy atom. The second-order valence-electron chi connectivity index (χ2n) is 9.07. The molecule has 0 unspecified atom stereocenters. The molecule has 0 amide bonds. The predicted octanol–water partition coefficient (Wildman–Crippen LogP) is 9.23. The molecule has 1 nitrogen and oxygen atoms in total. The normalized spacial score (nSPS) is 11.7. The van der Waals surface area contributed by atoms with E-state index in [-0.39, 0.29) is 0 Å². The van der Waals surface area contributed by atoms with Crippen LogP contribution in [0.4, 0.5) is 0 Å². The van der Waals surface area contributed by atoms with Gasteiger partial charge in [-0.3, -0.25) is 0 Å². The van der Waals surface area contributed by atoms with E-state index in [1.165, 1.54) is 108 Å². The van der Waals surface area contributed by atoms with Crippen molar-refractivity contribution in [2.24, 2.45) is 5.92 Å². The second-order valence-corrected chi connectivity index (χ2v) is 9.07. The fourth-order valence-electron chi connectivity index (χ4n) is 4.21. The number of hydrogen-bond acceptors (Lipinski definition) is 1. The number of nitrogens with one attached hydrogen (secondary N) is 1. The van der Waals surface area contributed by atoms with Crippen molar-refractivity contribution in [3.8, 4) is 0 Å². The van der Waals surface area contributed by atoms with E-state index in [0.29, 0.717) is 0 Å². The molecule has 0 bridgehead atoms. The van der Waals surface area contributed by atoms with Gasteiger partial charge in [-0.1, -0.05) is 127 Å². The lowest BCUT2D eigenvalue weighted by atomic mass is 9.96. The zero-order valence-electron chi connectivity index (χ0n) is 20.3. The molecule has 0 aromatic heterocycles. The van der Waals surface area contributed by atoms with Crippen LogP contribution in [0.2, 0.25) is 0 Å². The van der Waals surface area contributed by atoms with E-state index in [2.05, 4.69) is 61.6 Å². The molecule has 0 aliphatic heterocycles. The molecule has 0 fully saturated rings. The van der Waals surface area contributed by atoms with Crippen LogP contribution in [0, 0.1) is 5.92 Å². The maximum atomic E-state index is 3.55. The van der Waals surface area contributed by atoms with E-state index in [1.807, 2.05) is 0 Å². The Hall–Kier alpha value is -1.08. The summed E-state index contributed by atoms with van der Waals surface area (Å²) in [6, 6.07) is 10.7. The Morgan fingerprint density at radius 2 is 1.20 bits per heavy atom. The Labute approximate surface area is 189 Å².